The highest BCUT2D eigenvalue weighted by molar-refractivity contribution is 5.18. The van der Waals surface area contributed by atoms with Gasteiger partial charge in [0.1, 0.15) is 0 Å². The maximum atomic E-state index is 9.92. The highest BCUT2D eigenvalue weighted by atomic mass is 16.3. The van der Waals surface area contributed by atoms with E-state index in [1.807, 2.05) is 25.1 Å². The van der Waals surface area contributed by atoms with Gasteiger partial charge in [-0.25, -0.2) is 0 Å². The van der Waals surface area contributed by atoms with Gasteiger partial charge in [-0.15, -0.1) is 0 Å². The quantitative estimate of drug-likeness (QED) is 0.823. The van der Waals surface area contributed by atoms with E-state index in [0.717, 1.165) is 0 Å². The summed E-state index contributed by atoms with van der Waals surface area (Å²) in [4.78, 5) is 0. The van der Waals surface area contributed by atoms with E-state index in [2.05, 4.69) is 25.1 Å². The summed E-state index contributed by atoms with van der Waals surface area (Å²) in [5, 5.41) is 18.8. The number of nitriles is 1. The third kappa shape index (κ3) is 3.36. The van der Waals surface area contributed by atoms with Crippen LogP contribution >= 0.6 is 0 Å². The number of hydrogen-bond acceptors (Lipinski definition) is 2. The van der Waals surface area contributed by atoms with Gasteiger partial charge in [-0.1, -0.05) is 44.2 Å². The van der Waals surface area contributed by atoms with E-state index >= 15 is 0 Å². The second-order valence-electron chi connectivity index (χ2n) is 4.26. The van der Waals surface area contributed by atoms with Crippen LogP contribution in [0.1, 0.15) is 38.2 Å². The Labute approximate surface area is 97.5 Å². The van der Waals surface area contributed by atoms with Gasteiger partial charge in [0.2, 0.25) is 0 Å². The van der Waals surface area contributed by atoms with Crippen LogP contribution in [0.15, 0.2) is 30.3 Å². The Morgan fingerprint density at radius 1 is 1.31 bits per heavy atom. The number of benzene rings is 1. The van der Waals surface area contributed by atoms with E-state index in [9.17, 15) is 5.11 Å². The molecule has 0 aromatic heterocycles. The molecule has 0 bridgehead atoms. The van der Waals surface area contributed by atoms with Gasteiger partial charge >= 0.3 is 0 Å². The first kappa shape index (κ1) is 12.7. The molecule has 1 aromatic carbocycles. The number of hydrogen-bond donors (Lipinski definition) is 1. The molecule has 3 unspecified atom stereocenters. The van der Waals surface area contributed by atoms with Crippen LogP contribution in [-0.4, -0.2) is 11.2 Å². The average molecular weight is 217 g/mol. The monoisotopic (exact) mass is 217 g/mol. The molecule has 1 rings (SSSR count). The molecule has 86 valence electrons. The molecule has 0 saturated heterocycles. The molecule has 0 amide bonds. The Morgan fingerprint density at radius 3 is 2.44 bits per heavy atom. The van der Waals surface area contributed by atoms with Crippen LogP contribution in [0.25, 0.3) is 0 Å². The smallest absolute Gasteiger partial charge is 0.0720 e. The Kier molecular flexibility index (Phi) is 5.01. The molecular formula is C14H19NO. The van der Waals surface area contributed by atoms with E-state index in [0.29, 0.717) is 18.8 Å². The molecule has 0 saturated carbocycles. The van der Waals surface area contributed by atoms with Gasteiger partial charge in [-0.05, 0) is 24.3 Å². The topological polar surface area (TPSA) is 44.0 Å². The highest BCUT2D eigenvalue weighted by Crippen LogP contribution is 2.23. The molecule has 3 atom stereocenters. The van der Waals surface area contributed by atoms with Crippen molar-refractivity contribution in [1.29, 1.82) is 5.26 Å². The van der Waals surface area contributed by atoms with Gasteiger partial charge in [0.15, 0.2) is 0 Å². The van der Waals surface area contributed by atoms with E-state index in [1.54, 1.807) is 0 Å². The lowest BCUT2D eigenvalue weighted by Crippen LogP contribution is -2.20. The molecule has 0 aliphatic heterocycles. The van der Waals surface area contributed by atoms with Crippen molar-refractivity contribution in [2.45, 2.75) is 38.7 Å². The molecule has 0 aliphatic rings. The lowest BCUT2D eigenvalue weighted by atomic mass is 9.89. The van der Waals surface area contributed by atoms with Crippen LogP contribution in [-0.2, 0) is 0 Å². The van der Waals surface area contributed by atoms with Gasteiger partial charge in [0.05, 0.1) is 18.1 Å². The van der Waals surface area contributed by atoms with Crippen molar-refractivity contribution in [2.75, 3.05) is 0 Å². The molecule has 0 heterocycles. The Hall–Kier alpha value is -1.33. The number of aliphatic hydroxyl groups is 1. The normalized spacial score (nSPS) is 16.1. The standard InChI is InChI=1S/C14H19NO/c1-3-12(10-15)14(16)9-11(2)13-7-5-4-6-8-13/h4-8,11-12,14,16H,3,9H2,1-2H3. The summed E-state index contributed by atoms with van der Waals surface area (Å²) in [6, 6.07) is 12.3. The highest BCUT2D eigenvalue weighted by Gasteiger charge is 2.19. The summed E-state index contributed by atoms with van der Waals surface area (Å²) in [5.74, 6) is 0.0461. The predicted octanol–water partition coefficient (Wildman–Crippen LogP) is 3.09. The first-order chi connectivity index (χ1) is 7.69. The summed E-state index contributed by atoms with van der Waals surface area (Å²) < 4.78 is 0. The van der Waals surface area contributed by atoms with Gasteiger partial charge in [0, 0.05) is 0 Å². The van der Waals surface area contributed by atoms with Crippen LogP contribution in [0, 0.1) is 17.2 Å². The summed E-state index contributed by atoms with van der Waals surface area (Å²) in [6.45, 7) is 4.02. The zero-order chi connectivity index (χ0) is 12.0. The molecule has 2 heteroatoms. The number of rotatable bonds is 5. The predicted molar refractivity (Wildman–Crippen MR) is 64.9 cm³/mol. The van der Waals surface area contributed by atoms with Crippen molar-refractivity contribution in [1.82, 2.24) is 0 Å². The van der Waals surface area contributed by atoms with Crippen LogP contribution in [0.3, 0.4) is 0 Å². The van der Waals surface area contributed by atoms with E-state index in [4.69, 9.17) is 5.26 Å². The van der Waals surface area contributed by atoms with Gasteiger partial charge in [-0.2, -0.15) is 5.26 Å². The second kappa shape index (κ2) is 6.30. The summed E-state index contributed by atoms with van der Waals surface area (Å²) in [6.07, 6.45) is 0.833. The lowest BCUT2D eigenvalue weighted by molar-refractivity contribution is 0.115. The van der Waals surface area contributed by atoms with Gasteiger partial charge < -0.3 is 5.11 Å². The van der Waals surface area contributed by atoms with Crippen molar-refractivity contribution < 1.29 is 5.11 Å². The minimum absolute atomic E-state index is 0.244. The number of aliphatic hydroxyl groups excluding tert-OH is 1. The average Bonchev–Trinajstić information content (AvgIpc) is 2.31. The van der Waals surface area contributed by atoms with Gasteiger partial charge in [-0.3, -0.25) is 0 Å². The molecule has 0 spiro atoms. The van der Waals surface area contributed by atoms with Crippen LogP contribution < -0.4 is 0 Å². The third-order valence-corrected chi connectivity index (χ3v) is 3.03. The zero-order valence-corrected chi connectivity index (χ0v) is 9.93. The number of nitrogens with zero attached hydrogens (tertiary/aromatic N) is 1. The maximum Gasteiger partial charge on any atom is 0.0720 e. The molecule has 1 N–H and O–H groups in total. The minimum atomic E-state index is -0.523. The Balaban J connectivity index is 2.58. The van der Waals surface area contributed by atoms with Crippen LogP contribution in [0.4, 0.5) is 0 Å². The zero-order valence-electron chi connectivity index (χ0n) is 9.93. The minimum Gasteiger partial charge on any atom is -0.392 e. The van der Waals surface area contributed by atoms with Crippen molar-refractivity contribution in [2.24, 2.45) is 5.92 Å². The Bertz CT molecular complexity index is 342. The molecule has 16 heavy (non-hydrogen) atoms. The third-order valence-electron chi connectivity index (χ3n) is 3.03. The van der Waals surface area contributed by atoms with Crippen molar-refractivity contribution in [3.8, 4) is 6.07 Å². The summed E-state index contributed by atoms with van der Waals surface area (Å²) >= 11 is 0. The van der Waals surface area contributed by atoms with Crippen molar-refractivity contribution in [3.05, 3.63) is 35.9 Å². The molecule has 1 aromatic rings. The lowest BCUT2D eigenvalue weighted by Gasteiger charge is -2.19. The van der Waals surface area contributed by atoms with Crippen molar-refractivity contribution >= 4 is 0 Å². The fourth-order valence-electron chi connectivity index (χ4n) is 1.89. The molecule has 0 radical (unpaired) electrons. The fraction of sp³-hybridized carbons (Fsp3) is 0.500. The fourth-order valence-corrected chi connectivity index (χ4v) is 1.89. The Morgan fingerprint density at radius 2 is 1.94 bits per heavy atom. The van der Waals surface area contributed by atoms with Crippen LogP contribution in [0.2, 0.25) is 0 Å². The summed E-state index contributed by atoms with van der Waals surface area (Å²) in [5.41, 5.74) is 1.22. The SMILES string of the molecule is CCC(C#N)C(O)CC(C)c1ccccc1. The molecule has 0 fully saturated rings. The molecule has 0 aliphatic carbocycles. The first-order valence-electron chi connectivity index (χ1n) is 5.81. The largest absolute Gasteiger partial charge is 0.392 e. The van der Waals surface area contributed by atoms with Gasteiger partial charge in [0.25, 0.3) is 0 Å². The molecular weight excluding hydrogens is 198 g/mol. The molecule has 2 nitrogen and oxygen atoms in total. The van der Waals surface area contributed by atoms with E-state index < -0.39 is 6.10 Å². The van der Waals surface area contributed by atoms with E-state index in [-0.39, 0.29) is 5.92 Å². The van der Waals surface area contributed by atoms with Crippen LogP contribution in [0.5, 0.6) is 0 Å². The van der Waals surface area contributed by atoms with E-state index in [1.165, 1.54) is 5.56 Å². The second-order valence-corrected chi connectivity index (χ2v) is 4.26. The van der Waals surface area contributed by atoms with Crippen molar-refractivity contribution in [3.63, 3.8) is 0 Å². The first-order valence-corrected chi connectivity index (χ1v) is 5.81. The maximum absolute atomic E-state index is 9.92. The summed E-state index contributed by atoms with van der Waals surface area (Å²) in [7, 11) is 0.